The topological polar surface area (TPSA) is 95.6 Å². The average Bonchev–Trinajstić information content (AvgIpc) is 2.63. The molecular formula is C12H10ClN3O4. The van der Waals surface area contributed by atoms with Crippen LogP contribution in [0.25, 0.3) is 0 Å². The van der Waals surface area contributed by atoms with E-state index in [2.05, 4.69) is 5.32 Å². The number of amides is 5. The van der Waals surface area contributed by atoms with Gasteiger partial charge in [-0.1, -0.05) is 0 Å². The summed E-state index contributed by atoms with van der Waals surface area (Å²) in [6.07, 6.45) is 0. The van der Waals surface area contributed by atoms with Crippen molar-refractivity contribution in [2.45, 2.75) is 0 Å². The van der Waals surface area contributed by atoms with E-state index in [1.165, 1.54) is 25.2 Å². The summed E-state index contributed by atoms with van der Waals surface area (Å²) in [5.74, 6) is -1.81. The molecule has 1 aliphatic heterocycles. The Hall–Kier alpha value is -2.41. The lowest BCUT2D eigenvalue weighted by Crippen LogP contribution is -2.35. The maximum Gasteiger partial charge on any atom is 0.325 e. The molecule has 5 amide bonds. The molecule has 0 spiro atoms. The van der Waals surface area contributed by atoms with Crippen LogP contribution in [0, 0.1) is 0 Å². The van der Waals surface area contributed by atoms with Crippen LogP contribution in [0.4, 0.5) is 10.5 Å². The zero-order valence-corrected chi connectivity index (χ0v) is 11.2. The molecule has 0 aromatic heterocycles. The maximum atomic E-state index is 11.8. The number of fused-ring (bicyclic) bond motifs is 1. The van der Waals surface area contributed by atoms with Gasteiger partial charge >= 0.3 is 6.03 Å². The van der Waals surface area contributed by atoms with E-state index in [-0.39, 0.29) is 17.0 Å². The zero-order chi connectivity index (χ0) is 14.9. The Morgan fingerprint density at radius 1 is 1.20 bits per heavy atom. The number of nitrogens with one attached hydrogen (secondary N) is 2. The molecule has 104 valence electrons. The highest BCUT2D eigenvalue weighted by Crippen LogP contribution is 2.24. The van der Waals surface area contributed by atoms with Crippen LogP contribution in [0.2, 0.25) is 0 Å². The third-order valence-electron chi connectivity index (χ3n) is 2.72. The monoisotopic (exact) mass is 295 g/mol. The van der Waals surface area contributed by atoms with Gasteiger partial charge in [-0.05, 0) is 18.2 Å². The second kappa shape index (κ2) is 5.30. The van der Waals surface area contributed by atoms with E-state index < -0.39 is 23.8 Å². The Morgan fingerprint density at radius 3 is 2.50 bits per heavy atom. The third kappa shape index (κ3) is 2.48. The average molecular weight is 296 g/mol. The van der Waals surface area contributed by atoms with Gasteiger partial charge < -0.3 is 5.32 Å². The molecular weight excluding hydrogens is 286 g/mol. The van der Waals surface area contributed by atoms with Crippen LogP contribution >= 0.6 is 11.6 Å². The van der Waals surface area contributed by atoms with Crippen molar-refractivity contribution in [1.82, 2.24) is 10.2 Å². The summed E-state index contributed by atoms with van der Waals surface area (Å²) in [6, 6.07) is 3.52. The van der Waals surface area contributed by atoms with Gasteiger partial charge in [0.05, 0.1) is 11.1 Å². The summed E-state index contributed by atoms with van der Waals surface area (Å²) in [6.45, 7) is 0. The minimum atomic E-state index is -0.763. The number of benzene rings is 1. The normalized spacial score (nSPS) is 13.2. The fourth-order valence-electron chi connectivity index (χ4n) is 1.76. The number of halogens is 1. The van der Waals surface area contributed by atoms with E-state index in [0.29, 0.717) is 5.69 Å². The fraction of sp³-hybridized carbons (Fsp3) is 0.167. The molecule has 1 heterocycles. The molecule has 0 saturated heterocycles. The number of carbonyl (C=O) groups excluding carboxylic acids is 4. The van der Waals surface area contributed by atoms with Crippen LogP contribution in [0.15, 0.2) is 18.2 Å². The molecule has 20 heavy (non-hydrogen) atoms. The fourth-order valence-corrected chi connectivity index (χ4v) is 1.83. The first-order valence-electron chi connectivity index (χ1n) is 5.57. The van der Waals surface area contributed by atoms with Gasteiger partial charge in [0.15, 0.2) is 0 Å². The van der Waals surface area contributed by atoms with Gasteiger partial charge in [0.2, 0.25) is 5.91 Å². The third-order valence-corrected chi connectivity index (χ3v) is 2.96. The number of nitrogens with zero attached hydrogens (tertiary/aromatic N) is 1. The highest BCUT2D eigenvalue weighted by Gasteiger charge is 2.32. The van der Waals surface area contributed by atoms with Crippen molar-refractivity contribution >= 4 is 41.0 Å². The molecule has 0 fully saturated rings. The molecule has 8 heteroatoms. The van der Waals surface area contributed by atoms with E-state index in [1.807, 2.05) is 5.32 Å². The number of anilines is 1. The molecule has 0 unspecified atom stereocenters. The number of rotatable bonds is 2. The number of carbonyl (C=O) groups is 4. The van der Waals surface area contributed by atoms with E-state index in [1.54, 1.807) is 0 Å². The van der Waals surface area contributed by atoms with Crippen LogP contribution in [0.3, 0.4) is 0 Å². The summed E-state index contributed by atoms with van der Waals surface area (Å²) in [5, 5.41) is 4.37. The smallest absolute Gasteiger partial charge is 0.308 e. The van der Waals surface area contributed by atoms with Crippen molar-refractivity contribution in [3.8, 4) is 0 Å². The van der Waals surface area contributed by atoms with Gasteiger partial charge in [0.25, 0.3) is 11.8 Å². The molecule has 7 nitrogen and oxygen atoms in total. The predicted molar refractivity (Wildman–Crippen MR) is 70.7 cm³/mol. The van der Waals surface area contributed by atoms with Gasteiger partial charge in [0, 0.05) is 12.7 Å². The number of hydrogen-bond acceptors (Lipinski definition) is 4. The van der Waals surface area contributed by atoms with Gasteiger partial charge in [0.1, 0.15) is 5.88 Å². The molecule has 0 bridgehead atoms. The standard InChI is InChI=1S/C12H10ClN3O4/c1-16-10(18)7-3-2-6(4-8(7)11(16)19)14-12(20)15-9(17)5-13/h2-4H,5H2,1H3,(H2,14,15,17,20). The first-order chi connectivity index (χ1) is 9.43. The Kier molecular flexibility index (Phi) is 3.71. The number of imide groups is 2. The van der Waals surface area contributed by atoms with E-state index in [0.717, 1.165) is 4.90 Å². The quantitative estimate of drug-likeness (QED) is 0.623. The van der Waals surface area contributed by atoms with Gasteiger partial charge in [-0.25, -0.2) is 4.79 Å². The molecule has 0 atom stereocenters. The highest BCUT2D eigenvalue weighted by molar-refractivity contribution is 6.28. The minimum absolute atomic E-state index is 0.207. The Balaban J connectivity index is 2.17. The first-order valence-corrected chi connectivity index (χ1v) is 6.10. The molecule has 2 N–H and O–H groups in total. The maximum absolute atomic E-state index is 11.8. The van der Waals surface area contributed by atoms with E-state index in [4.69, 9.17) is 11.6 Å². The second-order valence-electron chi connectivity index (χ2n) is 4.07. The summed E-state index contributed by atoms with van der Waals surface area (Å²) >= 11 is 5.25. The number of hydrogen-bond donors (Lipinski definition) is 2. The van der Waals surface area contributed by atoms with Crippen molar-refractivity contribution in [3.05, 3.63) is 29.3 Å². The summed E-state index contributed by atoms with van der Waals surface area (Å²) < 4.78 is 0. The summed E-state index contributed by atoms with van der Waals surface area (Å²) in [4.78, 5) is 46.8. The summed E-state index contributed by atoms with van der Waals surface area (Å²) in [5.41, 5.74) is 0.777. The lowest BCUT2D eigenvalue weighted by atomic mass is 10.1. The van der Waals surface area contributed by atoms with Crippen LogP contribution < -0.4 is 10.6 Å². The second-order valence-corrected chi connectivity index (χ2v) is 4.33. The molecule has 0 aliphatic carbocycles. The summed E-state index contributed by atoms with van der Waals surface area (Å²) in [7, 11) is 1.38. The zero-order valence-electron chi connectivity index (χ0n) is 10.4. The molecule has 2 rings (SSSR count). The van der Waals surface area contributed by atoms with E-state index in [9.17, 15) is 19.2 Å². The molecule has 0 radical (unpaired) electrons. The van der Waals surface area contributed by atoms with Crippen molar-refractivity contribution in [2.24, 2.45) is 0 Å². The molecule has 1 aliphatic rings. The molecule has 0 saturated carbocycles. The van der Waals surface area contributed by atoms with Gasteiger partial charge in [-0.2, -0.15) is 0 Å². The first kappa shape index (κ1) is 14.0. The Morgan fingerprint density at radius 2 is 1.85 bits per heavy atom. The van der Waals surface area contributed by atoms with Gasteiger partial charge in [-0.15, -0.1) is 11.6 Å². The molecule has 1 aromatic rings. The largest absolute Gasteiger partial charge is 0.325 e. The van der Waals surface area contributed by atoms with Crippen LogP contribution in [0.1, 0.15) is 20.7 Å². The van der Waals surface area contributed by atoms with Crippen molar-refractivity contribution < 1.29 is 19.2 Å². The SMILES string of the molecule is CN1C(=O)c2ccc(NC(=O)NC(=O)CCl)cc2C1=O. The van der Waals surface area contributed by atoms with Crippen molar-refractivity contribution in [1.29, 1.82) is 0 Å². The predicted octanol–water partition coefficient (Wildman–Crippen LogP) is 0.799. The minimum Gasteiger partial charge on any atom is -0.308 e. The van der Waals surface area contributed by atoms with Gasteiger partial charge in [-0.3, -0.25) is 24.6 Å². The van der Waals surface area contributed by atoms with E-state index >= 15 is 0 Å². The number of urea groups is 1. The number of alkyl halides is 1. The van der Waals surface area contributed by atoms with Crippen LogP contribution in [-0.2, 0) is 4.79 Å². The lowest BCUT2D eigenvalue weighted by molar-refractivity contribution is -0.117. The highest BCUT2D eigenvalue weighted by atomic mass is 35.5. The Labute approximate surface area is 118 Å². The Bertz CT molecular complexity index is 629. The van der Waals surface area contributed by atoms with Crippen LogP contribution in [-0.4, -0.2) is 41.6 Å². The van der Waals surface area contributed by atoms with Crippen molar-refractivity contribution in [3.63, 3.8) is 0 Å². The molecule has 1 aromatic carbocycles. The lowest BCUT2D eigenvalue weighted by Gasteiger charge is -2.06. The van der Waals surface area contributed by atoms with Crippen molar-refractivity contribution in [2.75, 3.05) is 18.2 Å². The van der Waals surface area contributed by atoms with Crippen LogP contribution in [0.5, 0.6) is 0 Å².